The maximum absolute atomic E-state index is 14.0. The fraction of sp³-hybridized carbons (Fsp3) is 0.471. The molecule has 2 heterocycles. The Morgan fingerprint density at radius 3 is 3.04 bits per heavy atom. The third-order valence-electron chi connectivity index (χ3n) is 4.25. The average Bonchev–Trinajstić information content (AvgIpc) is 3.08. The van der Waals surface area contributed by atoms with Gasteiger partial charge in [-0.3, -0.25) is 4.68 Å². The molecule has 0 bridgehead atoms. The molecule has 25 heavy (non-hydrogen) atoms. The number of nitrogens with one attached hydrogen (secondary N) is 2. The quantitative estimate of drug-likeness (QED) is 0.865. The molecule has 0 saturated carbocycles. The van der Waals surface area contributed by atoms with Crippen LogP contribution >= 0.6 is 0 Å². The Morgan fingerprint density at radius 2 is 2.28 bits per heavy atom. The van der Waals surface area contributed by atoms with Gasteiger partial charge in [-0.2, -0.15) is 5.10 Å². The molecule has 2 N–H and O–H groups in total. The number of carbonyl (C=O) groups excluding carboxylic acids is 1. The number of halogens is 1. The zero-order chi connectivity index (χ0) is 17.6. The molecular formula is C17H23FN6O. The van der Waals surface area contributed by atoms with Gasteiger partial charge in [0.2, 0.25) is 0 Å². The fourth-order valence-corrected chi connectivity index (χ4v) is 3.13. The third-order valence-corrected chi connectivity index (χ3v) is 4.25. The van der Waals surface area contributed by atoms with E-state index in [1.807, 2.05) is 17.9 Å². The number of aromatic nitrogens is 3. The summed E-state index contributed by atoms with van der Waals surface area (Å²) in [6.45, 7) is 3.86. The van der Waals surface area contributed by atoms with Crippen LogP contribution < -0.4 is 15.5 Å². The largest absolute Gasteiger partial charge is 0.367 e. The second-order valence-corrected chi connectivity index (χ2v) is 6.37. The zero-order valence-corrected chi connectivity index (χ0v) is 14.2. The number of urea groups is 1. The molecular weight excluding hydrogens is 323 g/mol. The first kappa shape index (κ1) is 17.2. The van der Waals surface area contributed by atoms with Crippen LogP contribution in [0.15, 0.2) is 36.9 Å². The number of carbonyl (C=O) groups is 1. The molecule has 2 amide bonds. The highest BCUT2D eigenvalue weighted by Crippen LogP contribution is 2.22. The number of rotatable bonds is 5. The highest BCUT2D eigenvalue weighted by Gasteiger charge is 2.23. The number of hydrogen-bond acceptors (Lipinski definition) is 4. The topological polar surface area (TPSA) is 75.1 Å². The van der Waals surface area contributed by atoms with Gasteiger partial charge in [-0.05, 0) is 31.9 Å². The highest BCUT2D eigenvalue weighted by atomic mass is 19.1. The second-order valence-electron chi connectivity index (χ2n) is 6.37. The van der Waals surface area contributed by atoms with E-state index >= 15 is 0 Å². The summed E-state index contributed by atoms with van der Waals surface area (Å²) in [6, 6.07) is 6.45. The normalized spacial score (nSPS) is 18.6. The van der Waals surface area contributed by atoms with E-state index in [9.17, 15) is 9.18 Å². The van der Waals surface area contributed by atoms with Crippen LogP contribution in [0.4, 0.5) is 14.9 Å². The lowest BCUT2D eigenvalue weighted by Crippen LogP contribution is -2.52. The predicted molar refractivity (Wildman–Crippen MR) is 92.8 cm³/mol. The molecule has 0 radical (unpaired) electrons. The minimum atomic E-state index is -0.228. The molecule has 1 aromatic heterocycles. The number of hydrogen-bond donors (Lipinski definition) is 2. The zero-order valence-electron chi connectivity index (χ0n) is 14.2. The van der Waals surface area contributed by atoms with Crippen molar-refractivity contribution in [3.8, 4) is 0 Å². The molecule has 8 heteroatoms. The van der Waals surface area contributed by atoms with E-state index in [4.69, 9.17) is 0 Å². The number of amides is 2. The van der Waals surface area contributed by atoms with Gasteiger partial charge in [-0.15, -0.1) is 0 Å². The minimum Gasteiger partial charge on any atom is -0.367 e. The summed E-state index contributed by atoms with van der Waals surface area (Å²) in [5, 5.41) is 9.91. The summed E-state index contributed by atoms with van der Waals surface area (Å²) in [7, 11) is 0. The smallest absolute Gasteiger partial charge is 0.315 e. The lowest BCUT2D eigenvalue weighted by molar-refractivity contribution is 0.230. The van der Waals surface area contributed by atoms with Gasteiger partial charge >= 0.3 is 6.03 Å². The maximum atomic E-state index is 14.0. The van der Waals surface area contributed by atoms with Gasteiger partial charge in [0.05, 0.1) is 12.2 Å². The summed E-state index contributed by atoms with van der Waals surface area (Å²) in [5.41, 5.74) is 0.592. The molecule has 1 aromatic carbocycles. The number of anilines is 1. The predicted octanol–water partition coefficient (Wildman–Crippen LogP) is 1.77. The van der Waals surface area contributed by atoms with Crippen molar-refractivity contribution in [1.82, 2.24) is 25.4 Å². The van der Waals surface area contributed by atoms with Crippen molar-refractivity contribution < 1.29 is 9.18 Å². The van der Waals surface area contributed by atoms with Gasteiger partial charge in [0, 0.05) is 25.2 Å². The van der Waals surface area contributed by atoms with E-state index in [0.29, 0.717) is 18.8 Å². The summed E-state index contributed by atoms with van der Waals surface area (Å²) < 4.78 is 15.6. The molecule has 0 unspecified atom stereocenters. The Kier molecular flexibility index (Phi) is 5.47. The summed E-state index contributed by atoms with van der Waals surface area (Å²) in [5.74, 6) is -0.228. The molecule has 1 aliphatic heterocycles. The van der Waals surface area contributed by atoms with Crippen LogP contribution in [0.25, 0.3) is 0 Å². The lowest BCUT2D eigenvalue weighted by Gasteiger charge is -2.35. The fourth-order valence-electron chi connectivity index (χ4n) is 3.13. The second kappa shape index (κ2) is 7.96. The van der Waals surface area contributed by atoms with Crippen LogP contribution in [-0.2, 0) is 6.54 Å². The van der Waals surface area contributed by atoms with E-state index in [0.717, 1.165) is 19.4 Å². The molecule has 1 aliphatic rings. The Hall–Kier alpha value is -2.64. The first-order valence-electron chi connectivity index (χ1n) is 8.50. The SMILES string of the molecule is C[C@@H](Cn1cncn1)NC(=O)N[C@@H]1CCCN(c2ccccc2F)C1. The molecule has 7 nitrogen and oxygen atoms in total. The van der Waals surface area contributed by atoms with Crippen LogP contribution in [0, 0.1) is 5.82 Å². The van der Waals surface area contributed by atoms with Crippen molar-refractivity contribution in [3.05, 3.63) is 42.7 Å². The van der Waals surface area contributed by atoms with Crippen LogP contribution in [0.5, 0.6) is 0 Å². The van der Waals surface area contributed by atoms with Gasteiger partial charge < -0.3 is 15.5 Å². The van der Waals surface area contributed by atoms with E-state index < -0.39 is 0 Å². The van der Waals surface area contributed by atoms with Crippen LogP contribution in [0.2, 0.25) is 0 Å². The van der Waals surface area contributed by atoms with E-state index in [1.54, 1.807) is 23.1 Å². The Bertz CT molecular complexity index is 692. The van der Waals surface area contributed by atoms with Crippen molar-refractivity contribution in [2.75, 3.05) is 18.0 Å². The Morgan fingerprint density at radius 1 is 1.44 bits per heavy atom. The van der Waals surface area contributed by atoms with E-state index in [1.165, 1.54) is 12.4 Å². The first-order valence-corrected chi connectivity index (χ1v) is 8.50. The Labute approximate surface area is 146 Å². The van der Waals surface area contributed by atoms with Crippen LogP contribution in [0.3, 0.4) is 0 Å². The number of para-hydroxylation sites is 1. The number of benzene rings is 1. The van der Waals surface area contributed by atoms with Crippen molar-refractivity contribution >= 4 is 11.7 Å². The Balaban J connectivity index is 1.50. The van der Waals surface area contributed by atoms with E-state index in [-0.39, 0.29) is 23.9 Å². The molecule has 134 valence electrons. The van der Waals surface area contributed by atoms with Crippen molar-refractivity contribution in [2.24, 2.45) is 0 Å². The van der Waals surface area contributed by atoms with Crippen molar-refractivity contribution in [2.45, 2.75) is 38.4 Å². The molecule has 0 aliphatic carbocycles. The summed E-state index contributed by atoms with van der Waals surface area (Å²) >= 11 is 0. The number of piperidine rings is 1. The average molecular weight is 346 g/mol. The standard InChI is InChI=1S/C17H23FN6O/c1-13(9-24-12-19-11-20-24)21-17(25)22-14-5-4-8-23(10-14)16-7-3-2-6-15(16)18/h2-3,6-7,11-14H,4-5,8-10H2,1H3,(H2,21,22,25)/t13-,14+/m0/s1. The maximum Gasteiger partial charge on any atom is 0.315 e. The molecule has 1 fully saturated rings. The molecule has 1 saturated heterocycles. The van der Waals surface area contributed by atoms with Crippen LogP contribution in [-0.4, -0.2) is 46.0 Å². The highest BCUT2D eigenvalue weighted by molar-refractivity contribution is 5.74. The van der Waals surface area contributed by atoms with Gasteiger partial charge in [-0.25, -0.2) is 14.2 Å². The summed E-state index contributed by atoms with van der Waals surface area (Å²) in [6.07, 6.45) is 4.87. The summed E-state index contributed by atoms with van der Waals surface area (Å²) in [4.78, 5) is 18.1. The van der Waals surface area contributed by atoms with Gasteiger partial charge in [0.25, 0.3) is 0 Å². The molecule has 0 spiro atoms. The van der Waals surface area contributed by atoms with Crippen molar-refractivity contribution in [3.63, 3.8) is 0 Å². The van der Waals surface area contributed by atoms with E-state index in [2.05, 4.69) is 20.7 Å². The monoisotopic (exact) mass is 346 g/mol. The molecule has 2 atom stereocenters. The van der Waals surface area contributed by atoms with Crippen LogP contribution in [0.1, 0.15) is 19.8 Å². The van der Waals surface area contributed by atoms with Gasteiger partial charge in [0.1, 0.15) is 18.5 Å². The first-order chi connectivity index (χ1) is 12.1. The molecule has 2 aromatic rings. The van der Waals surface area contributed by atoms with Gasteiger partial charge in [-0.1, -0.05) is 12.1 Å². The van der Waals surface area contributed by atoms with Gasteiger partial charge in [0.15, 0.2) is 0 Å². The molecule has 3 rings (SSSR count). The number of nitrogens with zero attached hydrogens (tertiary/aromatic N) is 4. The third kappa shape index (κ3) is 4.68. The van der Waals surface area contributed by atoms with Crippen molar-refractivity contribution in [1.29, 1.82) is 0 Å². The lowest BCUT2D eigenvalue weighted by atomic mass is 10.0. The minimum absolute atomic E-state index is 0.00748.